The molecular weight excluding hydrogens is 236 g/mol. The first kappa shape index (κ1) is 13.9. The maximum atomic E-state index is 8.45. The monoisotopic (exact) mass is 258 g/mol. The van der Waals surface area contributed by atoms with Gasteiger partial charge in [0.1, 0.15) is 11.4 Å². The summed E-state index contributed by atoms with van der Waals surface area (Å²) in [6.07, 6.45) is 3.69. The summed E-state index contributed by atoms with van der Waals surface area (Å²) in [6, 6.07) is 8.62. The lowest BCUT2D eigenvalue weighted by molar-refractivity contribution is 0.138. The fourth-order valence-electron chi connectivity index (χ4n) is 2.46. The van der Waals surface area contributed by atoms with Gasteiger partial charge in [0.2, 0.25) is 0 Å². The fraction of sp³-hybridized carbons (Fsp3) is 0.562. The zero-order chi connectivity index (χ0) is 13.7. The lowest BCUT2D eigenvalue weighted by Gasteiger charge is -2.16. The number of fused-ring (bicyclic) bond motifs is 1. The Hall–Kier alpha value is -1.53. The van der Waals surface area contributed by atoms with E-state index in [1.54, 1.807) is 0 Å². The van der Waals surface area contributed by atoms with Crippen LogP contribution in [-0.2, 0) is 13.0 Å². The van der Waals surface area contributed by atoms with Crippen LogP contribution in [0.15, 0.2) is 18.2 Å². The number of nitrogens with one attached hydrogen (secondary N) is 1. The molecule has 0 saturated heterocycles. The summed E-state index contributed by atoms with van der Waals surface area (Å²) in [4.78, 5) is 0. The first-order chi connectivity index (χ1) is 9.11. The minimum absolute atomic E-state index is 0.0638. The Bertz CT molecular complexity index is 474. The minimum Gasteiger partial charge on any atom is -0.487 e. The van der Waals surface area contributed by atoms with Crippen LogP contribution in [-0.4, -0.2) is 12.1 Å². The van der Waals surface area contributed by atoms with Crippen molar-refractivity contribution in [3.63, 3.8) is 0 Å². The molecule has 3 nitrogen and oxygen atoms in total. The molecule has 3 heteroatoms. The fourth-order valence-corrected chi connectivity index (χ4v) is 2.46. The number of benzene rings is 1. The lowest BCUT2D eigenvalue weighted by Crippen LogP contribution is -2.24. The van der Waals surface area contributed by atoms with Gasteiger partial charge in [-0.25, -0.2) is 0 Å². The molecule has 19 heavy (non-hydrogen) atoms. The van der Waals surface area contributed by atoms with E-state index in [-0.39, 0.29) is 5.60 Å². The van der Waals surface area contributed by atoms with Gasteiger partial charge >= 0.3 is 0 Å². The molecule has 2 rings (SSSR count). The van der Waals surface area contributed by atoms with Crippen LogP contribution < -0.4 is 10.1 Å². The molecule has 1 aromatic rings. The van der Waals surface area contributed by atoms with Crippen LogP contribution in [0.1, 0.15) is 44.2 Å². The molecule has 0 saturated carbocycles. The van der Waals surface area contributed by atoms with Crippen LogP contribution in [0.5, 0.6) is 5.75 Å². The molecular formula is C16H22N2O. The van der Waals surface area contributed by atoms with Crippen molar-refractivity contribution in [3.05, 3.63) is 29.3 Å². The van der Waals surface area contributed by atoms with E-state index >= 15 is 0 Å². The van der Waals surface area contributed by atoms with Gasteiger partial charge in [0.05, 0.1) is 6.07 Å². The highest BCUT2D eigenvalue weighted by atomic mass is 16.5. The van der Waals surface area contributed by atoms with Gasteiger partial charge in [-0.15, -0.1) is 0 Å². The van der Waals surface area contributed by atoms with Crippen molar-refractivity contribution in [1.82, 2.24) is 5.32 Å². The molecule has 0 aliphatic carbocycles. The lowest BCUT2D eigenvalue weighted by atomic mass is 10.0. The van der Waals surface area contributed by atoms with Crippen LogP contribution in [0.2, 0.25) is 0 Å². The summed E-state index contributed by atoms with van der Waals surface area (Å²) in [5.41, 5.74) is 2.56. The van der Waals surface area contributed by atoms with E-state index in [0.29, 0.717) is 6.42 Å². The number of hydrogen-bond acceptors (Lipinski definition) is 3. The highest BCUT2D eigenvalue weighted by Crippen LogP contribution is 2.35. The third kappa shape index (κ3) is 3.97. The van der Waals surface area contributed by atoms with E-state index in [2.05, 4.69) is 43.4 Å². The van der Waals surface area contributed by atoms with Crippen molar-refractivity contribution in [1.29, 1.82) is 5.26 Å². The summed E-state index contributed by atoms with van der Waals surface area (Å²) in [5, 5.41) is 11.9. The Kier molecular flexibility index (Phi) is 4.44. The summed E-state index contributed by atoms with van der Waals surface area (Å²) in [7, 11) is 0. The molecule has 1 N–H and O–H groups in total. The van der Waals surface area contributed by atoms with E-state index in [4.69, 9.17) is 10.00 Å². The Morgan fingerprint density at radius 1 is 1.37 bits per heavy atom. The van der Waals surface area contributed by atoms with Gasteiger partial charge < -0.3 is 10.1 Å². The largest absolute Gasteiger partial charge is 0.487 e. The van der Waals surface area contributed by atoms with Gasteiger partial charge in [-0.1, -0.05) is 12.1 Å². The van der Waals surface area contributed by atoms with Crippen molar-refractivity contribution in [2.24, 2.45) is 0 Å². The zero-order valence-electron chi connectivity index (χ0n) is 11.8. The SMILES string of the molecule is CC1(C)Cc2cc(CNCCCCC#N)ccc2O1. The molecule has 1 aliphatic rings. The number of nitriles is 1. The third-order valence-corrected chi connectivity index (χ3v) is 3.35. The highest BCUT2D eigenvalue weighted by molar-refractivity contribution is 5.41. The van der Waals surface area contributed by atoms with Crippen molar-refractivity contribution in [2.75, 3.05) is 6.54 Å². The zero-order valence-corrected chi connectivity index (χ0v) is 11.8. The molecule has 102 valence electrons. The van der Waals surface area contributed by atoms with Gasteiger partial charge in [0, 0.05) is 19.4 Å². The number of nitrogens with zero attached hydrogens (tertiary/aromatic N) is 1. The first-order valence-corrected chi connectivity index (χ1v) is 6.99. The van der Waals surface area contributed by atoms with E-state index in [0.717, 1.165) is 38.1 Å². The molecule has 1 aliphatic heterocycles. The van der Waals surface area contributed by atoms with E-state index in [1.807, 2.05) is 0 Å². The van der Waals surface area contributed by atoms with Crippen molar-refractivity contribution < 1.29 is 4.74 Å². The van der Waals surface area contributed by atoms with Gasteiger partial charge in [-0.2, -0.15) is 5.26 Å². The molecule has 0 fully saturated rings. The number of hydrogen-bond donors (Lipinski definition) is 1. The molecule has 0 spiro atoms. The summed E-state index contributed by atoms with van der Waals surface area (Å²) < 4.78 is 5.87. The van der Waals surface area contributed by atoms with Gasteiger partial charge in [-0.3, -0.25) is 0 Å². The molecule has 0 radical (unpaired) electrons. The third-order valence-electron chi connectivity index (χ3n) is 3.35. The predicted molar refractivity (Wildman–Crippen MR) is 76.0 cm³/mol. The van der Waals surface area contributed by atoms with E-state index < -0.39 is 0 Å². The summed E-state index contributed by atoms with van der Waals surface area (Å²) in [6.45, 7) is 6.11. The highest BCUT2D eigenvalue weighted by Gasteiger charge is 2.29. The van der Waals surface area contributed by atoms with Crippen LogP contribution in [0.4, 0.5) is 0 Å². The molecule has 0 amide bonds. The van der Waals surface area contributed by atoms with Crippen LogP contribution >= 0.6 is 0 Å². The topological polar surface area (TPSA) is 45.0 Å². The molecule has 0 aromatic heterocycles. The number of ether oxygens (including phenoxy) is 1. The number of rotatable bonds is 6. The Morgan fingerprint density at radius 2 is 2.21 bits per heavy atom. The van der Waals surface area contributed by atoms with Crippen molar-refractivity contribution in [3.8, 4) is 11.8 Å². The Balaban J connectivity index is 1.79. The predicted octanol–water partition coefficient (Wildman–Crippen LogP) is 3.18. The Morgan fingerprint density at radius 3 is 3.00 bits per heavy atom. The molecule has 1 heterocycles. The average molecular weight is 258 g/mol. The second-order valence-corrected chi connectivity index (χ2v) is 5.77. The van der Waals surface area contributed by atoms with Crippen LogP contribution in [0.25, 0.3) is 0 Å². The maximum absolute atomic E-state index is 8.45. The van der Waals surface area contributed by atoms with E-state index in [9.17, 15) is 0 Å². The van der Waals surface area contributed by atoms with Crippen LogP contribution in [0, 0.1) is 11.3 Å². The second-order valence-electron chi connectivity index (χ2n) is 5.77. The maximum Gasteiger partial charge on any atom is 0.123 e. The van der Waals surface area contributed by atoms with Crippen LogP contribution in [0.3, 0.4) is 0 Å². The summed E-state index contributed by atoms with van der Waals surface area (Å²) in [5.74, 6) is 1.03. The van der Waals surface area contributed by atoms with Gasteiger partial charge in [-0.05, 0) is 50.4 Å². The van der Waals surface area contributed by atoms with Gasteiger partial charge in [0.25, 0.3) is 0 Å². The standard InChI is InChI=1S/C16H22N2O/c1-16(2)11-14-10-13(6-7-15(14)19-16)12-18-9-5-3-4-8-17/h6-7,10,18H,3-5,9,11-12H2,1-2H3. The second kappa shape index (κ2) is 6.08. The van der Waals surface area contributed by atoms with Gasteiger partial charge in [0.15, 0.2) is 0 Å². The number of unbranched alkanes of at least 4 members (excludes halogenated alkanes) is 2. The van der Waals surface area contributed by atoms with Crippen molar-refractivity contribution in [2.45, 2.75) is 51.7 Å². The quantitative estimate of drug-likeness (QED) is 0.797. The summed E-state index contributed by atoms with van der Waals surface area (Å²) >= 11 is 0. The smallest absolute Gasteiger partial charge is 0.123 e. The average Bonchev–Trinajstić information content (AvgIpc) is 2.66. The Labute approximate surface area is 115 Å². The van der Waals surface area contributed by atoms with E-state index in [1.165, 1.54) is 11.1 Å². The van der Waals surface area contributed by atoms with Crippen molar-refractivity contribution >= 4 is 0 Å². The molecule has 0 unspecified atom stereocenters. The normalized spacial score (nSPS) is 15.6. The molecule has 1 aromatic carbocycles. The molecule has 0 bridgehead atoms. The molecule has 0 atom stereocenters. The minimum atomic E-state index is -0.0638. The first-order valence-electron chi connectivity index (χ1n) is 6.99.